The summed E-state index contributed by atoms with van der Waals surface area (Å²) in [7, 11) is 0. The third kappa shape index (κ3) is 3.26. The van der Waals surface area contributed by atoms with E-state index in [0.717, 1.165) is 24.1 Å². The minimum atomic E-state index is -0.126. The SMILES string of the molecule is Cc1ccc(-n2cnnc2)c(C(=O)N[C@@H]2CCC(=O)N[C@H]2C2CC2)c1. The van der Waals surface area contributed by atoms with Crippen molar-refractivity contribution in [3.63, 3.8) is 0 Å². The van der Waals surface area contributed by atoms with Gasteiger partial charge in [-0.3, -0.25) is 14.2 Å². The number of aromatic nitrogens is 3. The number of hydrogen-bond acceptors (Lipinski definition) is 4. The second-order valence-corrected chi connectivity index (χ2v) is 6.94. The number of carbonyl (C=O) groups is 2. The van der Waals surface area contributed by atoms with E-state index in [-0.39, 0.29) is 23.9 Å². The van der Waals surface area contributed by atoms with Gasteiger partial charge in [0.15, 0.2) is 0 Å². The van der Waals surface area contributed by atoms with Crippen molar-refractivity contribution in [1.82, 2.24) is 25.4 Å². The lowest BCUT2D eigenvalue weighted by molar-refractivity contribution is -0.124. The van der Waals surface area contributed by atoms with E-state index >= 15 is 0 Å². The van der Waals surface area contributed by atoms with Crippen LogP contribution in [0.3, 0.4) is 0 Å². The van der Waals surface area contributed by atoms with Crippen molar-refractivity contribution in [1.29, 1.82) is 0 Å². The van der Waals surface area contributed by atoms with E-state index in [9.17, 15) is 9.59 Å². The Morgan fingerprint density at radius 3 is 2.72 bits per heavy atom. The first kappa shape index (κ1) is 15.8. The molecule has 130 valence electrons. The summed E-state index contributed by atoms with van der Waals surface area (Å²) < 4.78 is 1.73. The molecule has 25 heavy (non-hydrogen) atoms. The summed E-state index contributed by atoms with van der Waals surface area (Å²) in [6, 6.07) is 5.76. The Morgan fingerprint density at radius 1 is 1.24 bits per heavy atom. The zero-order valence-corrected chi connectivity index (χ0v) is 14.1. The van der Waals surface area contributed by atoms with Crippen molar-refractivity contribution in [2.24, 2.45) is 5.92 Å². The molecule has 0 spiro atoms. The summed E-state index contributed by atoms with van der Waals surface area (Å²) in [4.78, 5) is 24.7. The van der Waals surface area contributed by atoms with E-state index < -0.39 is 0 Å². The molecule has 2 heterocycles. The van der Waals surface area contributed by atoms with Crippen LogP contribution in [0.1, 0.15) is 41.6 Å². The fourth-order valence-electron chi connectivity index (χ4n) is 3.52. The van der Waals surface area contributed by atoms with Gasteiger partial charge in [0.1, 0.15) is 12.7 Å². The predicted octanol–water partition coefficient (Wildman–Crippen LogP) is 1.36. The molecule has 0 unspecified atom stereocenters. The van der Waals surface area contributed by atoms with Gasteiger partial charge in [-0.15, -0.1) is 10.2 Å². The van der Waals surface area contributed by atoms with E-state index in [1.807, 2.05) is 25.1 Å². The van der Waals surface area contributed by atoms with Gasteiger partial charge in [0.2, 0.25) is 5.91 Å². The van der Waals surface area contributed by atoms with E-state index in [1.165, 1.54) is 0 Å². The highest BCUT2D eigenvalue weighted by molar-refractivity contribution is 5.98. The Balaban J connectivity index is 1.58. The fourth-order valence-corrected chi connectivity index (χ4v) is 3.52. The molecule has 1 saturated carbocycles. The number of carbonyl (C=O) groups excluding carboxylic acids is 2. The minimum absolute atomic E-state index is 0.0213. The molecule has 2 aromatic rings. The van der Waals surface area contributed by atoms with Crippen molar-refractivity contribution < 1.29 is 9.59 Å². The quantitative estimate of drug-likeness (QED) is 0.880. The molecule has 2 atom stereocenters. The summed E-state index contributed by atoms with van der Waals surface area (Å²) in [5, 5.41) is 13.9. The molecule has 2 aliphatic rings. The number of hydrogen-bond donors (Lipinski definition) is 2. The molecule has 7 nitrogen and oxygen atoms in total. The van der Waals surface area contributed by atoms with Crippen molar-refractivity contribution in [2.45, 2.75) is 44.7 Å². The van der Waals surface area contributed by atoms with Crippen LogP contribution >= 0.6 is 0 Å². The smallest absolute Gasteiger partial charge is 0.253 e. The van der Waals surface area contributed by atoms with Crippen LogP contribution in [-0.2, 0) is 4.79 Å². The molecular formula is C18H21N5O2. The summed E-state index contributed by atoms with van der Waals surface area (Å²) >= 11 is 0. The van der Waals surface area contributed by atoms with Crippen LogP contribution in [0.2, 0.25) is 0 Å². The monoisotopic (exact) mass is 339 g/mol. The Hall–Kier alpha value is -2.70. The molecule has 4 rings (SSSR count). The van der Waals surface area contributed by atoms with E-state index in [0.29, 0.717) is 24.3 Å². The van der Waals surface area contributed by atoms with Crippen LogP contribution in [0.25, 0.3) is 5.69 Å². The molecule has 2 fully saturated rings. The molecule has 1 saturated heterocycles. The third-order valence-electron chi connectivity index (χ3n) is 4.98. The summed E-state index contributed by atoms with van der Waals surface area (Å²) in [5.41, 5.74) is 2.35. The summed E-state index contributed by atoms with van der Waals surface area (Å²) in [6.45, 7) is 1.96. The van der Waals surface area contributed by atoms with E-state index in [4.69, 9.17) is 0 Å². The maximum atomic E-state index is 13.0. The number of rotatable bonds is 4. The Labute approximate surface area is 145 Å². The van der Waals surface area contributed by atoms with Crippen LogP contribution in [0.4, 0.5) is 0 Å². The van der Waals surface area contributed by atoms with E-state index in [1.54, 1.807) is 17.2 Å². The van der Waals surface area contributed by atoms with Crippen LogP contribution in [0, 0.1) is 12.8 Å². The van der Waals surface area contributed by atoms with Gasteiger partial charge >= 0.3 is 0 Å². The van der Waals surface area contributed by atoms with Gasteiger partial charge in [0, 0.05) is 6.42 Å². The lowest BCUT2D eigenvalue weighted by Crippen LogP contribution is -2.56. The maximum absolute atomic E-state index is 13.0. The number of piperidine rings is 1. The van der Waals surface area contributed by atoms with Gasteiger partial charge in [-0.05, 0) is 44.2 Å². The molecular weight excluding hydrogens is 318 g/mol. The Bertz CT molecular complexity index is 798. The number of nitrogens with one attached hydrogen (secondary N) is 2. The summed E-state index contributed by atoms with van der Waals surface area (Å²) in [6.07, 6.45) is 6.54. The van der Waals surface area contributed by atoms with Crippen LogP contribution in [0.5, 0.6) is 0 Å². The number of amides is 2. The van der Waals surface area contributed by atoms with Gasteiger partial charge < -0.3 is 10.6 Å². The Kier molecular flexibility index (Phi) is 3.99. The largest absolute Gasteiger partial charge is 0.351 e. The normalized spacial score (nSPS) is 23.2. The molecule has 0 bridgehead atoms. The fraction of sp³-hybridized carbons (Fsp3) is 0.444. The van der Waals surface area contributed by atoms with Crippen molar-refractivity contribution in [3.8, 4) is 5.69 Å². The maximum Gasteiger partial charge on any atom is 0.253 e. The third-order valence-corrected chi connectivity index (χ3v) is 4.98. The summed E-state index contributed by atoms with van der Waals surface area (Å²) in [5.74, 6) is 0.451. The van der Waals surface area contributed by atoms with Gasteiger partial charge in [0.25, 0.3) is 5.91 Å². The average molecular weight is 339 g/mol. The topological polar surface area (TPSA) is 88.9 Å². The molecule has 1 aromatic heterocycles. The highest BCUT2D eigenvalue weighted by atomic mass is 16.2. The second-order valence-electron chi connectivity index (χ2n) is 6.94. The zero-order chi connectivity index (χ0) is 17.4. The van der Waals surface area contributed by atoms with Gasteiger partial charge in [-0.2, -0.15) is 0 Å². The van der Waals surface area contributed by atoms with Crippen molar-refractivity contribution in [2.75, 3.05) is 0 Å². The van der Waals surface area contributed by atoms with Gasteiger partial charge in [-0.25, -0.2) is 0 Å². The molecule has 1 aromatic carbocycles. The first-order valence-electron chi connectivity index (χ1n) is 8.67. The molecule has 0 radical (unpaired) electrons. The average Bonchev–Trinajstić information content (AvgIpc) is 3.31. The highest BCUT2D eigenvalue weighted by Gasteiger charge is 2.40. The first-order valence-corrected chi connectivity index (χ1v) is 8.67. The van der Waals surface area contributed by atoms with Crippen molar-refractivity contribution in [3.05, 3.63) is 42.0 Å². The van der Waals surface area contributed by atoms with Crippen molar-refractivity contribution >= 4 is 11.8 Å². The molecule has 2 N–H and O–H groups in total. The lowest BCUT2D eigenvalue weighted by atomic mass is 9.93. The second kappa shape index (κ2) is 6.31. The molecule has 1 aliphatic carbocycles. The molecule has 7 heteroatoms. The Morgan fingerprint density at radius 2 is 2.00 bits per heavy atom. The minimum Gasteiger partial charge on any atom is -0.351 e. The zero-order valence-electron chi connectivity index (χ0n) is 14.1. The number of nitrogens with zero attached hydrogens (tertiary/aromatic N) is 3. The van der Waals surface area contributed by atoms with E-state index in [2.05, 4.69) is 20.8 Å². The van der Waals surface area contributed by atoms with Gasteiger partial charge in [-0.1, -0.05) is 11.6 Å². The van der Waals surface area contributed by atoms with Crippen LogP contribution < -0.4 is 10.6 Å². The van der Waals surface area contributed by atoms with Gasteiger partial charge in [0.05, 0.1) is 23.3 Å². The predicted molar refractivity (Wildman–Crippen MR) is 91.2 cm³/mol. The highest BCUT2D eigenvalue weighted by Crippen LogP contribution is 2.36. The first-order chi connectivity index (χ1) is 12.1. The molecule has 2 amide bonds. The van der Waals surface area contributed by atoms with Crippen LogP contribution in [0.15, 0.2) is 30.9 Å². The standard InChI is InChI=1S/C18H21N5O2/c1-11-2-6-15(23-9-19-20-10-23)13(8-11)18(25)21-14-5-7-16(24)22-17(14)12-3-4-12/h2,6,8-10,12,14,17H,3-5,7H2,1H3,(H,21,25)(H,22,24)/t14-,17+/m1/s1. The van der Waals surface area contributed by atoms with Crippen LogP contribution in [-0.4, -0.2) is 38.7 Å². The lowest BCUT2D eigenvalue weighted by Gasteiger charge is -2.33. The molecule has 1 aliphatic heterocycles. The number of aryl methyl sites for hydroxylation is 1. The number of benzene rings is 1.